The SMILES string of the molecule is CCc1cc2c(NCC3CCS(=O)(=O)C3)nc(N)nc2s1. The summed E-state index contributed by atoms with van der Waals surface area (Å²) in [4.78, 5) is 10.6. The molecule has 1 atom stereocenters. The number of aryl methyl sites for hydroxylation is 1. The van der Waals surface area contributed by atoms with Gasteiger partial charge in [0.2, 0.25) is 5.95 Å². The number of hydrogen-bond acceptors (Lipinski definition) is 7. The third kappa shape index (κ3) is 3.11. The van der Waals surface area contributed by atoms with Gasteiger partial charge in [-0.3, -0.25) is 0 Å². The maximum atomic E-state index is 11.5. The van der Waals surface area contributed by atoms with E-state index in [1.807, 2.05) is 0 Å². The number of nitrogen functional groups attached to an aromatic ring is 1. The lowest BCUT2D eigenvalue weighted by molar-refractivity contribution is 0.596. The third-order valence-corrected chi connectivity index (χ3v) is 6.70. The summed E-state index contributed by atoms with van der Waals surface area (Å²) in [6, 6.07) is 2.08. The number of rotatable bonds is 4. The van der Waals surface area contributed by atoms with Crippen molar-refractivity contribution in [1.29, 1.82) is 0 Å². The number of aromatic nitrogens is 2. The van der Waals surface area contributed by atoms with E-state index in [-0.39, 0.29) is 17.6 Å². The number of nitrogens with one attached hydrogen (secondary N) is 1. The van der Waals surface area contributed by atoms with Crippen LogP contribution in [0.5, 0.6) is 0 Å². The van der Waals surface area contributed by atoms with Crippen LogP contribution in [0, 0.1) is 5.92 Å². The van der Waals surface area contributed by atoms with Crippen molar-refractivity contribution in [3.8, 4) is 0 Å². The molecule has 0 radical (unpaired) electrons. The van der Waals surface area contributed by atoms with Crippen LogP contribution in [0.3, 0.4) is 0 Å². The minimum atomic E-state index is -2.85. The molecule has 6 nitrogen and oxygen atoms in total. The van der Waals surface area contributed by atoms with Crippen molar-refractivity contribution in [2.24, 2.45) is 5.92 Å². The van der Waals surface area contributed by atoms with E-state index in [2.05, 4.69) is 28.3 Å². The fraction of sp³-hybridized carbons (Fsp3) is 0.538. The van der Waals surface area contributed by atoms with Gasteiger partial charge in [0, 0.05) is 11.4 Å². The van der Waals surface area contributed by atoms with E-state index in [0.29, 0.717) is 24.5 Å². The summed E-state index contributed by atoms with van der Waals surface area (Å²) < 4.78 is 23.0. The zero-order valence-corrected chi connectivity index (χ0v) is 13.4. The molecule has 0 aromatic carbocycles. The fourth-order valence-corrected chi connectivity index (χ4v) is 5.41. The molecule has 1 aliphatic rings. The number of anilines is 2. The zero-order valence-electron chi connectivity index (χ0n) is 11.8. The second kappa shape index (κ2) is 5.42. The number of thiophene rings is 1. The molecule has 2 aromatic rings. The molecule has 2 aromatic heterocycles. The second-order valence-corrected chi connectivity index (χ2v) is 8.71. The Morgan fingerprint density at radius 2 is 2.29 bits per heavy atom. The molecule has 3 rings (SSSR count). The van der Waals surface area contributed by atoms with E-state index < -0.39 is 9.84 Å². The fourth-order valence-electron chi connectivity index (χ4n) is 2.57. The Morgan fingerprint density at radius 3 is 2.95 bits per heavy atom. The number of sulfone groups is 1. The minimum absolute atomic E-state index is 0.144. The summed E-state index contributed by atoms with van der Waals surface area (Å²) in [7, 11) is -2.85. The monoisotopic (exact) mass is 326 g/mol. The predicted octanol–water partition coefficient (Wildman–Crippen LogP) is 1.68. The Kier molecular flexibility index (Phi) is 3.75. The first-order valence-electron chi connectivity index (χ1n) is 6.97. The Bertz CT molecular complexity index is 770. The van der Waals surface area contributed by atoms with E-state index in [4.69, 9.17) is 5.73 Å². The molecule has 3 N–H and O–H groups in total. The first-order chi connectivity index (χ1) is 9.97. The molecule has 8 heteroatoms. The summed E-state index contributed by atoms with van der Waals surface area (Å²) in [6.45, 7) is 2.69. The smallest absolute Gasteiger partial charge is 0.223 e. The first kappa shape index (κ1) is 14.5. The van der Waals surface area contributed by atoms with E-state index in [0.717, 1.165) is 16.6 Å². The molecule has 1 saturated heterocycles. The zero-order chi connectivity index (χ0) is 15.0. The van der Waals surface area contributed by atoms with Gasteiger partial charge in [-0.25, -0.2) is 13.4 Å². The normalized spacial score (nSPS) is 20.9. The molecule has 114 valence electrons. The topological polar surface area (TPSA) is 98.0 Å². The summed E-state index contributed by atoms with van der Waals surface area (Å²) >= 11 is 1.62. The van der Waals surface area contributed by atoms with Gasteiger partial charge in [-0.15, -0.1) is 11.3 Å². The van der Waals surface area contributed by atoms with Crippen LogP contribution in [0.1, 0.15) is 18.2 Å². The molecule has 0 spiro atoms. The maximum absolute atomic E-state index is 11.5. The highest BCUT2D eigenvalue weighted by molar-refractivity contribution is 7.91. The van der Waals surface area contributed by atoms with E-state index in [1.54, 1.807) is 11.3 Å². The van der Waals surface area contributed by atoms with Crippen LogP contribution in [-0.2, 0) is 16.3 Å². The van der Waals surface area contributed by atoms with Crippen molar-refractivity contribution in [3.05, 3.63) is 10.9 Å². The van der Waals surface area contributed by atoms with Crippen molar-refractivity contribution in [2.75, 3.05) is 29.1 Å². The van der Waals surface area contributed by atoms with Crippen molar-refractivity contribution in [2.45, 2.75) is 19.8 Å². The lowest BCUT2D eigenvalue weighted by Crippen LogP contribution is -2.16. The first-order valence-corrected chi connectivity index (χ1v) is 9.61. The van der Waals surface area contributed by atoms with Crippen molar-refractivity contribution in [1.82, 2.24) is 9.97 Å². The van der Waals surface area contributed by atoms with Gasteiger partial charge >= 0.3 is 0 Å². The van der Waals surface area contributed by atoms with Gasteiger partial charge in [0.1, 0.15) is 10.6 Å². The molecule has 0 saturated carbocycles. The average molecular weight is 326 g/mol. The van der Waals surface area contributed by atoms with Crippen LogP contribution < -0.4 is 11.1 Å². The van der Waals surface area contributed by atoms with Gasteiger partial charge in [0.05, 0.1) is 16.9 Å². The number of fused-ring (bicyclic) bond motifs is 1. The number of hydrogen-bond donors (Lipinski definition) is 2. The molecular formula is C13H18N4O2S2. The van der Waals surface area contributed by atoms with Crippen LogP contribution in [0.25, 0.3) is 10.2 Å². The van der Waals surface area contributed by atoms with E-state index in [1.165, 1.54) is 4.88 Å². The van der Waals surface area contributed by atoms with Gasteiger partial charge in [0.15, 0.2) is 9.84 Å². The molecule has 3 heterocycles. The van der Waals surface area contributed by atoms with Crippen LogP contribution in [0.4, 0.5) is 11.8 Å². The molecule has 1 fully saturated rings. The molecule has 0 bridgehead atoms. The van der Waals surface area contributed by atoms with Crippen LogP contribution >= 0.6 is 11.3 Å². The standard InChI is InChI=1S/C13H18N4O2S2/c1-2-9-5-10-11(16-13(14)17-12(10)20-9)15-6-8-3-4-21(18,19)7-8/h5,8H,2-4,6-7H2,1H3,(H3,14,15,16,17). The van der Waals surface area contributed by atoms with Gasteiger partial charge in [-0.2, -0.15) is 4.98 Å². The lowest BCUT2D eigenvalue weighted by atomic mass is 10.1. The van der Waals surface area contributed by atoms with Crippen molar-refractivity contribution >= 4 is 43.2 Å². The predicted molar refractivity (Wildman–Crippen MR) is 86.5 cm³/mol. The van der Waals surface area contributed by atoms with Crippen LogP contribution in [0.15, 0.2) is 6.07 Å². The highest BCUT2D eigenvalue weighted by atomic mass is 32.2. The molecule has 0 aliphatic carbocycles. The summed E-state index contributed by atoms with van der Waals surface area (Å²) in [6.07, 6.45) is 1.66. The van der Waals surface area contributed by atoms with Crippen molar-refractivity contribution < 1.29 is 8.42 Å². The van der Waals surface area contributed by atoms with E-state index in [9.17, 15) is 8.42 Å². The second-order valence-electron chi connectivity index (χ2n) is 5.37. The van der Waals surface area contributed by atoms with E-state index >= 15 is 0 Å². The van der Waals surface area contributed by atoms with Gasteiger partial charge in [-0.1, -0.05) is 6.92 Å². The summed E-state index contributed by atoms with van der Waals surface area (Å²) in [5.41, 5.74) is 5.75. The highest BCUT2D eigenvalue weighted by Gasteiger charge is 2.27. The van der Waals surface area contributed by atoms with Gasteiger partial charge in [-0.05, 0) is 24.8 Å². The van der Waals surface area contributed by atoms with Crippen LogP contribution in [-0.4, -0.2) is 36.4 Å². The molecular weight excluding hydrogens is 308 g/mol. The molecule has 21 heavy (non-hydrogen) atoms. The number of nitrogens with zero attached hydrogens (tertiary/aromatic N) is 2. The van der Waals surface area contributed by atoms with Crippen LogP contribution in [0.2, 0.25) is 0 Å². The molecule has 0 amide bonds. The molecule has 1 unspecified atom stereocenters. The summed E-state index contributed by atoms with van der Waals surface area (Å²) in [5.74, 6) is 1.64. The quantitative estimate of drug-likeness (QED) is 0.887. The highest BCUT2D eigenvalue weighted by Crippen LogP contribution is 2.30. The lowest BCUT2D eigenvalue weighted by Gasteiger charge is -2.11. The largest absolute Gasteiger partial charge is 0.369 e. The Morgan fingerprint density at radius 1 is 1.48 bits per heavy atom. The Labute approximate surface area is 127 Å². The average Bonchev–Trinajstić information content (AvgIpc) is 2.98. The Hall–Kier alpha value is -1.41. The van der Waals surface area contributed by atoms with Gasteiger partial charge < -0.3 is 11.1 Å². The Balaban J connectivity index is 1.81. The third-order valence-electron chi connectivity index (χ3n) is 3.69. The maximum Gasteiger partial charge on any atom is 0.223 e. The minimum Gasteiger partial charge on any atom is -0.369 e. The van der Waals surface area contributed by atoms with Crippen molar-refractivity contribution in [3.63, 3.8) is 0 Å². The summed E-state index contributed by atoms with van der Waals surface area (Å²) in [5, 5.41) is 4.22. The van der Waals surface area contributed by atoms with Gasteiger partial charge in [0.25, 0.3) is 0 Å². The molecule has 1 aliphatic heterocycles. The number of nitrogens with two attached hydrogens (primary N) is 1.